The lowest BCUT2D eigenvalue weighted by Crippen LogP contribution is -2.50. The van der Waals surface area contributed by atoms with Gasteiger partial charge in [-0.15, -0.1) is 0 Å². The highest BCUT2D eigenvalue weighted by Gasteiger charge is 2.31. The summed E-state index contributed by atoms with van der Waals surface area (Å²) in [5.74, 6) is -0.167. The van der Waals surface area contributed by atoms with E-state index in [-0.39, 0.29) is 12.5 Å². The predicted molar refractivity (Wildman–Crippen MR) is 115 cm³/mol. The fourth-order valence-electron chi connectivity index (χ4n) is 3.41. The van der Waals surface area contributed by atoms with Gasteiger partial charge in [0.15, 0.2) is 0 Å². The van der Waals surface area contributed by atoms with Gasteiger partial charge in [-0.3, -0.25) is 9.69 Å². The first-order chi connectivity index (χ1) is 14.3. The molecular formula is C20H27N3O5S2. The molecule has 2 aliphatic rings. The van der Waals surface area contributed by atoms with Crippen molar-refractivity contribution >= 4 is 33.7 Å². The van der Waals surface area contributed by atoms with Gasteiger partial charge in [0, 0.05) is 39.3 Å². The summed E-state index contributed by atoms with van der Waals surface area (Å²) in [6.07, 6.45) is 1.37. The first-order valence-electron chi connectivity index (χ1n) is 9.92. The van der Waals surface area contributed by atoms with Gasteiger partial charge in [-0.05, 0) is 31.5 Å². The van der Waals surface area contributed by atoms with Gasteiger partial charge in [-0.25, -0.2) is 13.2 Å². The molecule has 1 aromatic carbocycles. The molecule has 0 unspecified atom stereocenters. The van der Waals surface area contributed by atoms with Crippen molar-refractivity contribution in [1.29, 1.82) is 0 Å². The molecule has 3 rings (SSSR count). The smallest absolute Gasteiger partial charge is 0.333 e. The molecule has 2 saturated heterocycles. The van der Waals surface area contributed by atoms with Crippen LogP contribution >= 0.6 is 11.8 Å². The van der Waals surface area contributed by atoms with Crippen LogP contribution in [0.15, 0.2) is 40.3 Å². The molecule has 8 nitrogen and oxygen atoms in total. The highest BCUT2D eigenvalue weighted by Crippen LogP contribution is 2.28. The maximum Gasteiger partial charge on any atom is 0.333 e. The third kappa shape index (κ3) is 5.42. The number of carbonyl (C=O) groups is 2. The SMILES string of the molecule is CCOC(=O)/C=C1\SCC(=O)N1CCN1CCN(S(=O)(=O)c2cccc(C)c2)CC1. The zero-order valence-electron chi connectivity index (χ0n) is 17.2. The second-order valence-electron chi connectivity index (χ2n) is 7.13. The zero-order chi connectivity index (χ0) is 21.7. The number of piperazine rings is 1. The molecule has 2 fully saturated rings. The van der Waals surface area contributed by atoms with Crippen molar-refractivity contribution in [2.24, 2.45) is 0 Å². The van der Waals surface area contributed by atoms with Crippen LogP contribution in [0, 0.1) is 6.92 Å². The molecule has 0 aromatic heterocycles. The third-order valence-electron chi connectivity index (χ3n) is 5.04. The minimum Gasteiger partial charge on any atom is -0.463 e. The average Bonchev–Trinajstić information content (AvgIpc) is 3.06. The van der Waals surface area contributed by atoms with Gasteiger partial charge in [0.25, 0.3) is 0 Å². The highest BCUT2D eigenvalue weighted by atomic mass is 32.2. The Morgan fingerprint density at radius 1 is 1.20 bits per heavy atom. The molecule has 0 radical (unpaired) electrons. The minimum atomic E-state index is -3.50. The van der Waals surface area contributed by atoms with Crippen LogP contribution in [0.4, 0.5) is 0 Å². The monoisotopic (exact) mass is 453 g/mol. The number of amides is 1. The Bertz CT molecular complexity index is 924. The summed E-state index contributed by atoms with van der Waals surface area (Å²) in [5.41, 5.74) is 0.912. The van der Waals surface area contributed by atoms with E-state index < -0.39 is 16.0 Å². The van der Waals surface area contributed by atoms with Gasteiger partial charge in [-0.2, -0.15) is 4.31 Å². The number of hydrogen-bond donors (Lipinski definition) is 0. The van der Waals surface area contributed by atoms with Crippen LogP contribution in [0.5, 0.6) is 0 Å². The third-order valence-corrected chi connectivity index (χ3v) is 7.96. The molecule has 0 bridgehead atoms. The molecule has 10 heteroatoms. The molecular weight excluding hydrogens is 426 g/mol. The van der Waals surface area contributed by atoms with Crippen molar-refractivity contribution in [2.45, 2.75) is 18.7 Å². The molecule has 30 heavy (non-hydrogen) atoms. The highest BCUT2D eigenvalue weighted by molar-refractivity contribution is 8.04. The van der Waals surface area contributed by atoms with Crippen molar-refractivity contribution in [3.05, 3.63) is 40.9 Å². The number of carbonyl (C=O) groups excluding carboxylic acids is 2. The summed E-state index contributed by atoms with van der Waals surface area (Å²) in [6.45, 7) is 6.98. The van der Waals surface area contributed by atoms with Crippen molar-refractivity contribution < 1.29 is 22.7 Å². The lowest BCUT2D eigenvalue weighted by atomic mass is 10.2. The number of rotatable bonds is 7. The summed E-state index contributed by atoms with van der Waals surface area (Å²) < 4.78 is 32.2. The predicted octanol–water partition coefficient (Wildman–Crippen LogP) is 1.28. The van der Waals surface area contributed by atoms with E-state index in [1.54, 1.807) is 30.0 Å². The van der Waals surface area contributed by atoms with E-state index in [9.17, 15) is 18.0 Å². The van der Waals surface area contributed by atoms with E-state index in [4.69, 9.17) is 4.74 Å². The molecule has 2 heterocycles. The van der Waals surface area contributed by atoms with Crippen LogP contribution in [0.1, 0.15) is 12.5 Å². The largest absolute Gasteiger partial charge is 0.463 e. The number of aryl methyl sites for hydroxylation is 1. The normalized spacial score (nSPS) is 20.1. The molecule has 0 saturated carbocycles. The number of thioether (sulfide) groups is 1. The number of hydrogen-bond acceptors (Lipinski definition) is 7. The number of sulfonamides is 1. The van der Waals surface area contributed by atoms with Crippen molar-refractivity contribution in [3.8, 4) is 0 Å². The van der Waals surface area contributed by atoms with Crippen LogP contribution in [-0.4, -0.2) is 86.0 Å². The van der Waals surface area contributed by atoms with E-state index in [0.29, 0.717) is 54.9 Å². The molecule has 2 aliphatic heterocycles. The zero-order valence-corrected chi connectivity index (χ0v) is 18.9. The first-order valence-corrected chi connectivity index (χ1v) is 12.3. The summed E-state index contributed by atoms with van der Waals surface area (Å²) in [6, 6.07) is 6.95. The van der Waals surface area contributed by atoms with E-state index in [2.05, 4.69) is 4.90 Å². The molecule has 1 amide bonds. The van der Waals surface area contributed by atoms with Crippen LogP contribution in [0.25, 0.3) is 0 Å². The Kier molecular flexibility index (Phi) is 7.56. The second kappa shape index (κ2) is 9.95. The summed E-state index contributed by atoms with van der Waals surface area (Å²) in [7, 11) is -3.50. The van der Waals surface area contributed by atoms with Gasteiger partial charge < -0.3 is 9.64 Å². The Labute approximate surface area is 181 Å². The topological polar surface area (TPSA) is 87.2 Å². The van der Waals surface area contributed by atoms with Crippen molar-refractivity contribution in [3.63, 3.8) is 0 Å². The fourth-order valence-corrected chi connectivity index (χ4v) is 5.90. The van der Waals surface area contributed by atoms with Gasteiger partial charge in [0.2, 0.25) is 15.9 Å². The van der Waals surface area contributed by atoms with Crippen LogP contribution < -0.4 is 0 Å². The number of ether oxygens (including phenoxy) is 1. The standard InChI is InChI=1S/C20H27N3O5S2/c1-3-28-20(25)14-19-23(18(24)15-29-19)12-9-21-7-10-22(11-8-21)30(26,27)17-6-4-5-16(2)13-17/h4-6,13-14H,3,7-12,15H2,1-2H3/b19-14-. The molecule has 1 aromatic rings. The quantitative estimate of drug-likeness (QED) is 0.454. The van der Waals surface area contributed by atoms with Gasteiger partial charge in [0.1, 0.15) is 0 Å². The van der Waals surface area contributed by atoms with E-state index in [0.717, 1.165) is 5.56 Å². The Morgan fingerprint density at radius 2 is 1.93 bits per heavy atom. The maximum absolute atomic E-state index is 12.9. The second-order valence-corrected chi connectivity index (χ2v) is 10.1. The summed E-state index contributed by atoms with van der Waals surface area (Å²) in [4.78, 5) is 27.9. The summed E-state index contributed by atoms with van der Waals surface area (Å²) in [5, 5.41) is 0.610. The average molecular weight is 454 g/mol. The van der Waals surface area contributed by atoms with Crippen molar-refractivity contribution in [2.75, 3.05) is 51.6 Å². The number of nitrogens with zero attached hydrogens (tertiary/aromatic N) is 3. The minimum absolute atomic E-state index is 0.0313. The van der Waals surface area contributed by atoms with Crippen LogP contribution in [0.3, 0.4) is 0 Å². The Hall–Kier alpha value is -1.88. The van der Waals surface area contributed by atoms with Gasteiger partial charge in [0.05, 0.1) is 28.4 Å². The molecule has 0 aliphatic carbocycles. The van der Waals surface area contributed by atoms with Crippen LogP contribution in [0.2, 0.25) is 0 Å². The molecule has 0 N–H and O–H groups in total. The van der Waals surface area contributed by atoms with E-state index >= 15 is 0 Å². The summed E-state index contributed by atoms with van der Waals surface area (Å²) >= 11 is 1.33. The van der Waals surface area contributed by atoms with Crippen molar-refractivity contribution in [1.82, 2.24) is 14.1 Å². The van der Waals surface area contributed by atoms with Gasteiger partial charge >= 0.3 is 5.97 Å². The number of esters is 1. The lowest BCUT2D eigenvalue weighted by Gasteiger charge is -2.34. The lowest BCUT2D eigenvalue weighted by molar-refractivity contribution is -0.137. The van der Waals surface area contributed by atoms with Crippen LogP contribution in [-0.2, 0) is 24.3 Å². The maximum atomic E-state index is 12.9. The van der Waals surface area contributed by atoms with E-state index in [1.165, 1.54) is 22.1 Å². The Balaban J connectivity index is 1.54. The Morgan fingerprint density at radius 3 is 2.60 bits per heavy atom. The first kappa shape index (κ1) is 22.8. The molecule has 0 spiro atoms. The molecule has 0 atom stereocenters. The fraction of sp³-hybridized carbons (Fsp3) is 0.500. The van der Waals surface area contributed by atoms with Gasteiger partial charge in [-0.1, -0.05) is 23.9 Å². The van der Waals surface area contributed by atoms with E-state index in [1.807, 2.05) is 13.0 Å². The molecule has 164 valence electrons. The number of benzene rings is 1.